The second kappa shape index (κ2) is 7.57. The van der Waals surface area contributed by atoms with Crippen LogP contribution in [0.5, 0.6) is 0 Å². The lowest BCUT2D eigenvalue weighted by atomic mass is 9.98. The summed E-state index contributed by atoms with van der Waals surface area (Å²) < 4.78 is 0. The summed E-state index contributed by atoms with van der Waals surface area (Å²) in [5.41, 5.74) is 1.11. The van der Waals surface area contributed by atoms with E-state index in [9.17, 15) is 9.90 Å². The molecule has 116 valence electrons. The Labute approximate surface area is 127 Å². The third-order valence-corrected chi connectivity index (χ3v) is 4.24. The normalized spacial score (nSPS) is 22.5. The Morgan fingerprint density at radius 3 is 2.71 bits per heavy atom. The lowest BCUT2D eigenvalue weighted by Crippen LogP contribution is -2.50. The molecule has 1 heterocycles. The van der Waals surface area contributed by atoms with E-state index in [-0.39, 0.29) is 24.1 Å². The maximum absolute atomic E-state index is 12.2. The number of benzene rings is 1. The average molecular weight is 290 g/mol. The van der Waals surface area contributed by atoms with Crippen LogP contribution in [0.4, 0.5) is 0 Å². The molecule has 1 aliphatic rings. The summed E-state index contributed by atoms with van der Waals surface area (Å²) in [5.74, 6) is 0.0268. The second-order valence-electron chi connectivity index (χ2n) is 5.97. The van der Waals surface area contributed by atoms with Gasteiger partial charge in [0.1, 0.15) is 0 Å². The monoisotopic (exact) mass is 290 g/mol. The van der Waals surface area contributed by atoms with Gasteiger partial charge < -0.3 is 10.4 Å². The van der Waals surface area contributed by atoms with Crippen molar-refractivity contribution in [1.29, 1.82) is 0 Å². The second-order valence-corrected chi connectivity index (χ2v) is 5.97. The van der Waals surface area contributed by atoms with Gasteiger partial charge in [-0.05, 0) is 38.8 Å². The minimum absolute atomic E-state index is 0.00786. The smallest absolute Gasteiger partial charge is 0.234 e. The van der Waals surface area contributed by atoms with E-state index in [1.54, 1.807) is 0 Å². The van der Waals surface area contributed by atoms with E-state index in [4.69, 9.17) is 0 Å². The van der Waals surface area contributed by atoms with Crippen LogP contribution in [0.25, 0.3) is 0 Å². The van der Waals surface area contributed by atoms with Gasteiger partial charge >= 0.3 is 0 Å². The van der Waals surface area contributed by atoms with Crippen LogP contribution in [0.3, 0.4) is 0 Å². The summed E-state index contributed by atoms with van der Waals surface area (Å²) in [6.07, 6.45) is 2.82. The molecule has 1 aromatic carbocycles. The van der Waals surface area contributed by atoms with Crippen LogP contribution in [0.2, 0.25) is 0 Å². The number of hydrogen-bond acceptors (Lipinski definition) is 3. The Balaban J connectivity index is 1.88. The van der Waals surface area contributed by atoms with Crippen molar-refractivity contribution in [3.8, 4) is 0 Å². The molecule has 21 heavy (non-hydrogen) atoms. The first-order valence-corrected chi connectivity index (χ1v) is 7.84. The van der Waals surface area contributed by atoms with Gasteiger partial charge in [0.05, 0.1) is 18.7 Å². The van der Waals surface area contributed by atoms with Gasteiger partial charge in [0.15, 0.2) is 0 Å². The van der Waals surface area contributed by atoms with Gasteiger partial charge in [0.2, 0.25) is 5.91 Å². The molecule has 1 aromatic rings. The van der Waals surface area contributed by atoms with Crippen LogP contribution in [-0.4, -0.2) is 41.1 Å². The van der Waals surface area contributed by atoms with Crippen molar-refractivity contribution in [2.24, 2.45) is 0 Å². The van der Waals surface area contributed by atoms with Crippen LogP contribution in [-0.2, 0) is 4.79 Å². The third-order valence-electron chi connectivity index (χ3n) is 4.24. The molecule has 2 rings (SSSR count). The maximum atomic E-state index is 12.2. The topological polar surface area (TPSA) is 52.6 Å². The Kier molecular flexibility index (Phi) is 5.76. The predicted molar refractivity (Wildman–Crippen MR) is 83.9 cm³/mol. The molecule has 1 fully saturated rings. The summed E-state index contributed by atoms with van der Waals surface area (Å²) in [4.78, 5) is 14.3. The standard InChI is InChI=1S/C17H26N2O2/c1-13(15-8-4-3-5-9-15)18-17(21)12-19-11-7-6-10-16(19)14(2)20/h3-5,8-9,13-14,16,20H,6-7,10-12H2,1-2H3,(H,18,21)/t13-,14-,16-/m0/s1. The van der Waals surface area contributed by atoms with Crippen molar-refractivity contribution in [3.63, 3.8) is 0 Å². The Morgan fingerprint density at radius 1 is 1.33 bits per heavy atom. The number of amides is 1. The molecule has 0 bridgehead atoms. The first-order valence-electron chi connectivity index (χ1n) is 7.84. The highest BCUT2D eigenvalue weighted by atomic mass is 16.3. The number of nitrogens with zero attached hydrogens (tertiary/aromatic N) is 1. The summed E-state index contributed by atoms with van der Waals surface area (Å²) in [7, 11) is 0. The zero-order chi connectivity index (χ0) is 15.2. The maximum Gasteiger partial charge on any atom is 0.234 e. The van der Waals surface area contributed by atoms with Gasteiger partial charge in [-0.1, -0.05) is 36.8 Å². The summed E-state index contributed by atoms with van der Waals surface area (Å²) in [5, 5.41) is 12.9. The molecule has 0 saturated carbocycles. The van der Waals surface area contributed by atoms with E-state index < -0.39 is 0 Å². The van der Waals surface area contributed by atoms with Crippen molar-refractivity contribution in [3.05, 3.63) is 35.9 Å². The van der Waals surface area contributed by atoms with Crippen LogP contribution in [0, 0.1) is 0 Å². The van der Waals surface area contributed by atoms with Gasteiger partial charge in [-0.2, -0.15) is 0 Å². The molecule has 0 spiro atoms. The number of likely N-dealkylation sites (tertiary alicyclic amines) is 1. The molecule has 2 N–H and O–H groups in total. The summed E-state index contributed by atoms with van der Waals surface area (Å²) >= 11 is 0. The van der Waals surface area contributed by atoms with Crippen LogP contribution >= 0.6 is 0 Å². The van der Waals surface area contributed by atoms with Crippen LogP contribution in [0.15, 0.2) is 30.3 Å². The van der Waals surface area contributed by atoms with E-state index in [1.807, 2.05) is 44.2 Å². The van der Waals surface area contributed by atoms with Gasteiger partial charge in [-0.3, -0.25) is 9.69 Å². The number of aliphatic hydroxyl groups is 1. The fourth-order valence-electron chi connectivity index (χ4n) is 3.06. The van der Waals surface area contributed by atoms with Crippen molar-refractivity contribution in [2.75, 3.05) is 13.1 Å². The Morgan fingerprint density at radius 2 is 2.05 bits per heavy atom. The average Bonchev–Trinajstić information content (AvgIpc) is 2.48. The Hall–Kier alpha value is -1.39. The highest BCUT2D eigenvalue weighted by molar-refractivity contribution is 5.78. The predicted octanol–water partition coefficient (Wildman–Crippen LogP) is 2.10. The first-order chi connectivity index (χ1) is 10.1. The van der Waals surface area contributed by atoms with Gasteiger partial charge in [-0.15, -0.1) is 0 Å². The SMILES string of the molecule is C[C@H](NC(=O)CN1CCCC[C@H]1[C@H](C)O)c1ccccc1. The third kappa shape index (κ3) is 4.55. The minimum Gasteiger partial charge on any atom is -0.392 e. The molecule has 4 nitrogen and oxygen atoms in total. The fourth-order valence-corrected chi connectivity index (χ4v) is 3.06. The first kappa shape index (κ1) is 16.0. The van der Waals surface area contributed by atoms with E-state index in [2.05, 4.69) is 10.2 Å². The highest BCUT2D eigenvalue weighted by Gasteiger charge is 2.27. The molecule has 3 atom stereocenters. The van der Waals surface area contributed by atoms with Gasteiger partial charge in [0, 0.05) is 6.04 Å². The number of nitrogens with one attached hydrogen (secondary N) is 1. The molecule has 1 amide bonds. The Bertz CT molecular complexity index is 447. The largest absolute Gasteiger partial charge is 0.392 e. The molecule has 4 heteroatoms. The molecule has 0 unspecified atom stereocenters. The van der Waals surface area contributed by atoms with Gasteiger partial charge in [-0.25, -0.2) is 0 Å². The van der Waals surface area contributed by atoms with Crippen LogP contribution < -0.4 is 5.32 Å². The zero-order valence-corrected chi connectivity index (χ0v) is 13.0. The van der Waals surface area contributed by atoms with E-state index in [0.717, 1.165) is 31.4 Å². The molecule has 0 radical (unpaired) electrons. The van der Waals surface area contributed by atoms with Crippen LogP contribution in [0.1, 0.15) is 44.7 Å². The molecular weight excluding hydrogens is 264 g/mol. The quantitative estimate of drug-likeness (QED) is 0.873. The molecule has 0 aromatic heterocycles. The van der Waals surface area contributed by atoms with Crippen molar-refractivity contribution < 1.29 is 9.90 Å². The molecule has 0 aliphatic carbocycles. The van der Waals surface area contributed by atoms with E-state index in [0.29, 0.717) is 6.54 Å². The number of rotatable bonds is 5. The van der Waals surface area contributed by atoms with Crippen molar-refractivity contribution in [1.82, 2.24) is 10.2 Å². The summed E-state index contributed by atoms with van der Waals surface area (Å²) in [6, 6.07) is 10.1. The lowest BCUT2D eigenvalue weighted by Gasteiger charge is -2.37. The number of piperidine rings is 1. The molecule has 1 saturated heterocycles. The number of aliphatic hydroxyl groups excluding tert-OH is 1. The molecule has 1 aliphatic heterocycles. The summed E-state index contributed by atoms with van der Waals surface area (Å²) in [6.45, 7) is 5.07. The highest BCUT2D eigenvalue weighted by Crippen LogP contribution is 2.19. The zero-order valence-electron chi connectivity index (χ0n) is 13.0. The number of hydrogen-bond donors (Lipinski definition) is 2. The van der Waals surface area contributed by atoms with Crippen molar-refractivity contribution >= 4 is 5.91 Å². The van der Waals surface area contributed by atoms with E-state index in [1.165, 1.54) is 0 Å². The molecular formula is C17H26N2O2. The number of carbonyl (C=O) groups excluding carboxylic acids is 1. The fraction of sp³-hybridized carbons (Fsp3) is 0.588. The van der Waals surface area contributed by atoms with Crippen molar-refractivity contribution in [2.45, 2.75) is 51.3 Å². The van der Waals surface area contributed by atoms with E-state index >= 15 is 0 Å². The van der Waals surface area contributed by atoms with Gasteiger partial charge in [0.25, 0.3) is 0 Å². The minimum atomic E-state index is -0.385. The lowest BCUT2D eigenvalue weighted by molar-refractivity contribution is -0.124. The number of carbonyl (C=O) groups is 1.